The van der Waals surface area contributed by atoms with E-state index in [0.29, 0.717) is 47.0 Å². The molecule has 316 valence electrons. The first kappa shape index (κ1) is 42.4. The second-order valence-electron chi connectivity index (χ2n) is 17.3. The lowest BCUT2D eigenvalue weighted by Crippen LogP contribution is -2.56. The Morgan fingerprint density at radius 1 is 1.05 bits per heavy atom. The Labute approximate surface area is 352 Å². The van der Waals surface area contributed by atoms with Crippen LogP contribution in [0, 0.1) is 11.3 Å². The molecule has 2 aliphatic heterocycles. The number of benzene rings is 1. The number of carboxylic acid groups (broad SMARTS) is 1. The number of nitrogens with one attached hydrogen (secondary N) is 3. The predicted octanol–water partition coefficient (Wildman–Crippen LogP) is 7.32. The second kappa shape index (κ2) is 17.9. The predicted molar refractivity (Wildman–Crippen MR) is 226 cm³/mol. The number of rotatable bonds is 9. The summed E-state index contributed by atoms with van der Waals surface area (Å²) in [6, 6.07) is 5.54. The molecule has 4 aliphatic rings. The van der Waals surface area contributed by atoms with Gasteiger partial charge in [-0.15, -0.1) is 23.1 Å². The van der Waals surface area contributed by atoms with Gasteiger partial charge >= 0.3 is 12.1 Å². The van der Waals surface area contributed by atoms with Crippen LogP contribution in [0.25, 0.3) is 22.3 Å². The highest BCUT2D eigenvalue weighted by molar-refractivity contribution is 7.98. The van der Waals surface area contributed by atoms with Crippen LogP contribution in [0.5, 0.6) is 5.75 Å². The van der Waals surface area contributed by atoms with Crippen LogP contribution in [-0.4, -0.2) is 92.4 Å². The van der Waals surface area contributed by atoms with E-state index < -0.39 is 47.6 Å². The van der Waals surface area contributed by atoms with E-state index >= 15 is 0 Å². The van der Waals surface area contributed by atoms with E-state index in [2.05, 4.69) is 16.0 Å². The molecule has 3 aromatic rings. The first-order valence-electron chi connectivity index (χ1n) is 20.6. The number of hydrogen-bond donors (Lipinski definition) is 4. The highest BCUT2D eigenvalue weighted by Gasteiger charge is 2.61. The maximum absolute atomic E-state index is 14.6. The molecule has 14 nitrogen and oxygen atoms in total. The van der Waals surface area contributed by atoms with Crippen LogP contribution < -0.4 is 20.7 Å². The smallest absolute Gasteiger partial charge is 0.408 e. The van der Waals surface area contributed by atoms with Crippen molar-refractivity contribution < 1.29 is 38.6 Å². The van der Waals surface area contributed by atoms with Gasteiger partial charge in [-0.25, -0.2) is 19.6 Å². The van der Waals surface area contributed by atoms with E-state index in [-0.39, 0.29) is 42.7 Å². The molecule has 4 amide bonds. The average Bonchev–Trinajstić information content (AvgIpc) is 3.61. The Bertz CT molecular complexity index is 2110. The summed E-state index contributed by atoms with van der Waals surface area (Å²) >= 11 is 2.83. The first-order valence-corrected chi connectivity index (χ1v) is 22.7. The van der Waals surface area contributed by atoms with Crippen molar-refractivity contribution in [3.05, 3.63) is 41.8 Å². The van der Waals surface area contributed by atoms with Crippen LogP contribution in [0.4, 0.5) is 9.93 Å². The molecule has 1 aromatic carbocycles. The zero-order chi connectivity index (χ0) is 41.9. The van der Waals surface area contributed by atoms with Gasteiger partial charge in [0.05, 0.1) is 17.8 Å². The highest BCUT2D eigenvalue weighted by Crippen LogP contribution is 2.46. The molecular formula is C43H54N6O8S2. The number of aromatic nitrogens is 2. The maximum Gasteiger partial charge on any atom is 0.408 e. The minimum atomic E-state index is -1.47. The quantitative estimate of drug-likeness (QED) is 0.125. The Balaban J connectivity index is 1.19. The fourth-order valence-corrected chi connectivity index (χ4v) is 9.62. The zero-order valence-corrected chi connectivity index (χ0v) is 35.7. The zero-order valence-electron chi connectivity index (χ0n) is 34.1. The molecule has 7 rings (SSSR count). The third kappa shape index (κ3) is 10.0. The van der Waals surface area contributed by atoms with E-state index in [9.17, 15) is 29.1 Å². The number of amides is 4. The van der Waals surface area contributed by atoms with Gasteiger partial charge in [0.1, 0.15) is 41.3 Å². The average molecular weight is 847 g/mol. The molecule has 2 aromatic heterocycles. The lowest BCUT2D eigenvalue weighted by molar-refractivity contribution is -0.145. The minimum Gasteiger partial charge on any atom is -0.488 e. The van der Waals surface area contributed by atoms with Crippen molar-refractivity contribution in [3.8, 4) is 17.1 Å². The van der Waals surface area contributed by atoms with E-state index in [1.807, 2.05) is 62.8 Å². The maximum atomic E-state index is 14.6. The van der Waals surface area contributed by atoms with Crippen LogP contribution in [0.1, 0.15) is 97.8 Å². The molecule has 0 spiro atoms. The van der Waals surface area contributed by atoms with Crippen LogP contribution in [0.3, 0.4) is 0 Å². The van der Waals surface area contributed by atoms with E-state index in [0.717, 1.165) is 55.2 Å². The van der Waals surface area contributed by atoms with Gasteiger partial charge in [0.25, 0.3) is 0 Å². The van der Waals surface area contributed by atoms with Crippen molar-refractivity contribution in [2.75, 3.05) is 18.1 Å². The monoisotopic (exact) mass is 846 g/mol. The standard InChI is InChI=1S/C43H54N6O8S2/c1-42(2,3)22-35(50)47-40-45-31(24-59-40)30-20-33(28-16-12-18-34(58-4)36(28)44-30)56-27-19-32-37(51)48-43(39(53)54)21-25(43)13-8-6-5-7-9-17-29(38(52)49(32)23-27)46-41(55)57-26-14-10-11-15-26/h8,12-13,16,18,20,24-27,29,32H,5-7,9-11,14-15,17,19,21-23H2,1-4H3,(H,46,55)(H,48,51)(H,53,54)(H,45,47,50)/t25?,27-,29+,32+,43-/m1/s1. The van der Waals surface area contributed by atoms with Gasteiger partial charge in [-0.1, -0.05) is 51.8 Å². The molecular weight excluding hydrogens is 793 g/mol. The van der Waals surface area contributed by atoms with E-state index in [4.69, 9.17) is 19.4 Å². The number of nitrogens with zero attached hydrogens (tertiary/aromatic N) is 3. The largest absolute Gasteiger partial charge is 0.488 e. The third-order valence-corrected chi connectivity index (χ3v) is 13.0. The summed E-state index contributed by atoms with van der Waals surface area (Å²) in [5.41, 5.74) is 0.0901. The molecule has 5 atom stereocenters. The Kier molecular flexibility index (Phi) is 12.9. The van der Waals surface area contributed by atoms with E-state index in [1.165, 1.54) is 28.0 Å². The van der Waals surface area contributed by atoms with Crippen molar-refractivity contribution in [2.45, 2.75) is 133 Å². The first-order chi connectivity index (χ1) is 28.2. The summed E-state index contributed by atoms with van der Waals surface area (Å²) in [4.78, 5) is 79.4. The molecule has 2 saturated carbocycles. The molecule has 1 unspecified atom stereocenters. The van der Waals surface area contributed by atoms with Crippen molar-refractivity contribution in [1.82, 2.24) is 25.5 Å². The number of fused-ring (bicyclic) bond motifs is 3. The minimum absolute atomic E-state index is 0.0121. The summed E-state index contributed by atoms with van der Waals surface area (Å²) in [7, 11) is 0. The van der Waals surface area contributed by atoms with Crippen LogP contribution in [0.15, 0.2) is 46.7 Å². The number of carbonyl (C=O) groups is 5. The number of pyridine rings is 1. The van der Waals surface area contributed by atoms with Gasteiger partial charge in [-0.2, -0.15) is 0 Å². The van der Waals surface area contributed by atoms with E-state index in [1.54, 1.807) is 6.07 Å². The number of aliphatic carboxylic acids is 1. The highest BCUT2D eigenvalue weighted by atomic mass is 32.2. The van der Waals surface area contributed by atoms with Crippen molar-refractivity contribution >= 4 is 68.9 Å². The summed E-state index contributed by atoms with van der Waals surface area (Å²) < 4.78 is 12.5. The van der Waals surface area contributed by atoms with Crippen LogP contribution >= 0.6 is 23.1 Å². The molecule has 4 N–H and O–H groups in total. The van der Waals surface area contributed by atoms with Crippen LogP contribution in [0.2, 0.25) is 0 Å². The number of thioether (sulfide) groups is 1. The molecule has 4 heterocycles. The molecule has 0 radical (unpaired) electrons. The normalized spacial score (nSPS) is 25.3. The summed E-state index contributed by atoms with van der Waals surface area (Å²) in [6.45, 7) is 6.00. The number of allylic oxidation sites excluding steroid dienone is 1. The number of ether oxygens (including phenoxy) is 2. The molecule has 3 fully saturated rings. The molecule has 1 saturated heterocycles. The molecule has 16 heteroatoms. The van der Waals surface area contributed by atoms with Gasteiger partial charge in [0, 0.05) is 40.5 Å². The van der Waals surface area contributed by atoms with Gasteiger partial charge in [-0.3, -0.25) is 14.4 Å². The number of alkyl carbamates (subject to hydrolysis) is 1. The number of carboxylic acids is 1. The van der Waals surface area contributed by atoms with Gasteiger partial charge < -0.3 is 35.4 Å². The van der Waals surface area contributed by atoms with Crippen molar-refractivity contribution in [2.24, 2.45) is 11.3 Å². The summed E-state index contributed by atoms with van der Waals surface area (Å²) in [6.07, 6.45) is 11.8. The lowest BCUT2D eigenvalue weighted by Gasteiger charge is -2.29. The number of thiazole rings is 1. The second-order valence-corrected chi connectivity index (χ2v) is 19.0. The molecule has 0 bridgehead atoms. The number of hydrogen-bond acceptors (Lipinski definition) is 11. The Hall–Kier alpha value is -4.70. The van der Waals surface area contributed by atoms with Crippen LogP contribution in [-0.2, 0) is 23.9 Å². The summed E-state index contributed by atoms with van der Waals surface area (Å²) in [5.74, 6) is -2.18. The fourth-order valence-electron chi connectivity index (χ4n) is 8.34. The number of anilines is 1. The number of para-hydroxylation sites is 1. The summed E-state index contributed by atoms with van der Waals surface area (Å²) in [5, 5.41) is 21.9. The molecule has 59 heavy (non-hydrogen) atoms. The lowest BCUT2D eigenvalue weighted by atomic mass is 9.92. The van der Waals surface area contributed by atoms with Gasteiger partial charge in [0.15, 0.2) is 5.13 Å². The molecule has 2 aliphatic carbocycles. The topological polar surface area (TPSA) is 189 Å². The fraction of sp³-hybridized carbons (Fsp3) is 0.558. The van der Waals surface area contributed by atoms with Gasteiger partial charge in [-0.05, 0) is 75.2 Å². The Morgan fingerprint density at radius 2 is 1.83 bits per heavy atom. The SMILES string of the molecule is CSc1cccc2c(O[C@@H]3C[C@H]4C(=O)N[C@]5(C(=O)O)CC5C=CCCCCC[C@H](NC(=O)OC5CCCC5)C(=O)N4C3)cc(-c3csc(NC(=O)CC(C)(C)C)n3)nc12. The van der Waals surface area contributed by atoms with Crippen molar-refractivity contribution in [1.29, 1.82) is 0 Å². The number of carbonyl (C=O) groups excluding carboxylic acids is 4. The third-order valence-electron chi connectivity index (χ3n) is 11.5. The Morgan fingerprint density at radius 3 is 2.58 bits per heavy atom. The van der Waals surface area contributed by atoms with Crippen molar-refractivity contribution in [3.63, 3.8) is 0 Å². The van der Waals surface area contributed by atoms with Gasteiger partial charge in [0.2, 0.25) is 17.7 Å².